The summed E-state index contributed by atoms with van der Waals surface area (Å²) in [7, 11) is 0. The van der Waals surface area contributed by atoms with Crippen molar-refractivity contribution < 1.29 is 9.59 Å². The molecule has 2 aromatic rings. The Bertz CT molecular complexity index is 892. The Balaban J connectivity index is 1.34. The number of piperidine rings is 1. The van der Waals surface area contributed by atoms with Crippen LogP contribution in [-0.2, 0) is 24.2 Å². The Labute approximate surface area is 170 Å². The molecule has 2 aliphatic heterocycles. The van der Waals surface area contributed by atoms with E-state index in [0.29, 0.717) is 19.4 Å². The molecule has 1 N–H and O–H groups in total. The van der Waals surface area contributed by atoms with Crippen LogP contribution in [0.1, 0.15) is 36.7 Å². The fraction of sp³-hybridized carbons (Fsp3) is 0.500. The van der Waals surface area contributed by atoms with E-state index < -0.39 is 5.54 Å². The maximum atomic E-state index is 13.7. The standard InChI is InChI=1S/C22H27N5O2/c1-2-26-21(29)27(18-13-16-5-3-4-6-17(16)14-18)20(28)22(26)7-11-25(12-8-22)15-19-23-9-10-24-19/h3-6,9-10,18H,2,7-8,11-15H2,1H3,(H,23,24). The van der Waals surface area contributed by atoms with Gasteiger partial charge in [-0.3, -0.25) is 14.6 Å². The summed E-state index contributed by atoms with van der Waals surface area (Å²) < 4.78 is 0. The molecule has 0 radical (unpaired) electrons. The van der Waals surface area contributed by atoms with E-state index in [0.717, 1.165) is 38.3 Å². The molecule has 0 saturated carbocycles. The Hall–Kier alpha value is -2.67. The number of likely N-dealkylation sites (N-methyl/N-ethyl adjacent to an activating group) is 1. The molecular weight excluding hydrogens is 366 g/mol. The summed E-state index contributed by atoms with van der Waals surface area (Å²) in [4.78, 5) is 40.1. The normalized spacial score (nSPS) is 22.1. The van der Waals surface area contributed by atoms with Crippen molar-refractivity contribution in [2.45, 2.75) is 50.7 Å². The van der Waals surface area contributed by atoms with Crippen LogP contribution in [0.3, 0.4) is 0 Å². The Morgan fingerprint density at radius 2 is 1.83 bits per heavy atom. The number of imide groups is 1. The molecular formula is C22H27N5O2. The van der Waals surface area contributed by atoms with E-state index in [4.69, 9.17) is 0 Å². The molecule has 1 aliphatic carbocycles. The van der Waals surface area contributed by atoms with Gasteiger partial charge in [-0.15, -0.1) is 0 Å². The second kappa shape index (κ2) is 6.99. The summed E-state index contributed by atoms with van der Waals surface area (Å²) >= 11 is 0. The molecule has 0 atom stereocenters. The molecule has 7 nitrogen and oxygen atoms in total. The van der Waals surface area contributed by atoms with Crippen molar-refractivity contribution in [1.82, 2.24) is 24.7 Å². The predicted molar refractivity (Wildman–Crippen MR) is 108 cm³/mol. The lowest BCUT2D eigenvalue weighted by Crippen LogP contribution is -2.56. The summed E-state index contributed by atoms with van der Waals surface area (Å²) in [6, 6.07) is 8.13. The highest BCUT2D eigenvalue weighted by Gasteiger charge is 2.59. The van der Waals surface area contributed by atoms with Gasteiger partial charge in [-0.1, -0.05) is 24.3 Å². The summed E-state index contributed by atoms with van der Waals surface area (Å²) in [6.07, 6.45) is 6.49. The number of likely N-dealkylation sites (tertiary alicyclic amines) is 1. The van der Waals surface area contributed by atoms with Crippen LogP contribution >= 0.6 is 0 Å². The number of nitrogens with zero attached hydrogens (tertiary/aromatic N) is 4. The lowest BCUT2D eigenvalue weighted by Gasteiger charge is -2.41. The van der Waals surface area contributed by atoms with Gasteiger partial charge in [0.1, 0.15) is 11.4 Å². The topological polar surface area (TPSA) is 72.5 Å². The van der Waals surface area contributed by atoms with Gasteiger partial charge in [0.25, 0.3) is 5.91 Å². The van der Waals surface area contributed by atoms with E-state index in [1.54, 1.807) is 11.1 Å². The van der Waals surface area contributed by atoms with Gasteiger partial charge in [-0.2, -0.15) is 0 Å². The fourth-order valence-electron chi connectivity index (χ4n) is 5.38. The van der Waals surface area contributed by atoms with Crippen LogP contribution in [-0.4, -0.2) is 67.8 Å². The van der Waals surface area contributed by atoms with Crippen molar-refractivity contribution in [3.05, 3.63) is 53.6 Å². The average molecular weight is 393 g/mol. The van der Waals surface area contributed by atoms with Gasteiger partial charge in [-0.05, 0) is 43.7 Å². The minimum atomic E-state index is -0.680. The molecule has 152 valence electrons. The molecule has 1 aromatic carbocycles. The van der Waals surface area contributed by atoms with Crippen LogP contribution in [0.25, 0.3) is 0 Å². The van der Waals surface area contributed by atoms with E-state index in [9.17, 15) is 9.59 Å². The number of carbonyl (C=O) groups excluding carboxylic acids is 2. The maximum absolute atomic E-state index is 13.7. The quantitative estimate of drug-likeness (QED) is 0.809. The third kappa shape index (κ3) is 2.87. The first-order valence-corrected chi connectivity index (χ1v) is 10.5. The molecule has 3 heterocycles. The molecule has 1 spiro atoms. The van der Waals surface area contributed by atoms with Crippen LogP contribution in [0, 0.1) is 0 Å². The number of aromatic amines is 1. The summed E-state index contributed by atoms with van der Waals surface area (Å²) in [5.74, 6) is 0.951. The minimum Gasteiger partial charge on any atom is -0.348 e. The van der Waals surface area contributed by atoms with E-state index in [-0.39, 0.29) is 18.0 Å². The molecule has 3 aliphatic rings. The van der Waals surface area contributed by atoms with E-state index in [1.165, 1.54) is 11.1 Å². The smallest absolute Gasteiger partial charge is 0.327 e. The number of H-pyrrole nitrogens is 1. The third-order valence-corrected chi connectivity index (χ3v) is 6.89. The van der Waals surface area contributed by atoms with Crippen LogP contribution < -0.4 is 0 Å². The fourth-order valence-corrected chi connectivity index (χ4v) is 5.38. The van der Waals surface area contributed by atoms with Crippen LogP contribution in [0.4, 0.5) is 4.79 Å². The number of benzene rings is 1. The Morgan fingerprint density at radius 1 is 1.14 bits per heavy atom. The predicted octanol–water partition coefficient (Wildman–Crippen LogP) is 2.20. The number of amides is 3. The number of hydrogen-bond acceptors (Lipinski definition) is 4. The zero-order valence-electron chi connectivity index (χ0n) is 16.8. The number of carbonyl (C=O) groups is 2. The molecule has 2 fully saturated rings. The molecule has 5 rings (SSSR count). The van der Waals surface area contributed by atoms with Crippen molar-refractivity contribution >= 4 is 11.9 Å². The molecule has 1 aromatic heterocycles. The number of rotatable bonds is 4. The zero-order chi connectivity index (χ0) is 20.0. The van der Waals surface area contributed by atoms with Gasteiger partial charge in [-0.25, -0.2) is 9.78 Å². The first-order valence-electron chi connectivity index (χ1n) is 10.5. The van der Waals surface area contributed by atoms with Crippen molar-refractivity contribution in [1.29, 1.82) is 0 Å². The van der Waals surface area contributed by atoms with Gasteiger partial charge >= 0.3 is 6.03 Å². The van der Waals surface area contributed by atoms with E-state index in [1.807, 2.05) is 30.2 Å². The van der Waals surface area contributed by atoms with E-state index in [2.05, 4.69) is 27.0 Å². The summed E-state index contributed by atoms with van der Waals surface area (Å²) in [6.45, 7) is 4.87. The van der Waals surface area contributed by atoms with Crippen molar-refractivity contribution in [3.63, 3.8) is 0 Å². The van der Waals surface area contributed by atoms with E-state index >= 15 is 0 Å². The van der Waals surface area contributed by atoms with Gasteiger partial charge in [0.2, 0.25) is 0 Å². The number of imidazole rings is 1. The van der Waals surface area contributed by atoms with Crippen LogP contribution in [0.15, 0.2) is 36.7 Å². The summed E-state index contributed by atoms with van der Waals surface area (Å²) in [5, 5.41) is 0. The highest BCUT2D eigenvalue weighted by molar-refractivity contribution is 6.07. The Kier molecular flexibility index (Phi) is 4.42. The highest BCUT2D eigenvalue weighted by atomic mass is 16.2. The average Bonchev–Trinajstić information content (AvgIpc) is 3.42. The first kappa shape index (κ1) is 18.4. The molecule has 2 saturated heterocycles. The van der Waals surface area contributed by atoms with Gasteiger partial charge in [0, 0.05) is 38.1 Å². The lowest BCUT2D eigenvalue weighted by atomic mass is 9.85. The zero-order valence-corrected chi connectivity index (χ0v) is 16.8. The Morgan fingerprint density at radius 3 is 2.41 bits per heavy atom. The highest BCUT2D eigenvalue weighted by Crippen LogP contribution is 2.40. The first-order chi connectivity index (χ1) is 14.1. The third-order valence-electron chi connectivity index (χ3n) is 6.89. The van der Waals surface area contributed by atoms with Crippen molar-refractivity contribution in [2.24, 2.45) is 0 Å². The number of urea groups is 1. The number of fused-ring (bicyclic) bond motifs is 1. The number of aromatic nitrogens is 2. The number of hydrogen-bond donors (Lipinski definition) is 1. The molecule has 29 heavy (non-hydrogen) atoms. The monoisotopic (exact) mass is 393 g/mol. The van der Waals surface area contributed by atoms with Gasteiger partial charge < -0.3 is 9.88 Å². The SMILES string of the molecule is CCN1C(=O)N(C2Cc3ccccc3C2)C(=O)C12CCN(Cc1ncc[nH]1)CC2. The second-order valence-corrected chi connectivity index (χ2v) is 8.38. The summed E-state index contributed by atoms with van der Waals surface area (Å²) in [5.41, 5.74) is 1.84. The molecule has 0 bridgehead atoms. The molecule has 0 unspecified atom stereocenters. The minimum absolute atomic E-state index is 0.0137. The number of nitrogens with one attached hydrogen (secondary N) is 1. The maximum Gasteiger partial charge on any atom is 0.327 e. The van der Waals surface area contributed by atoms with Crippen LogP contribution in [0.2, 0.25) is 0 Å². The lowest BCUT2D eigenvalue weighted by molar-refractivity contribution is -0.137. The van der Waals surface area contributed by atoms with Crippen molar-refractivity contribution in [2.75, 3.05) is 19.6 Å². The molecule has 7 heteroatoms. The van der Waals surface area contributed by atoms with Gasteiger partial charge in [0.15, 0.2) is 0 Å². The van der Waals surface area contributed by atoms with Gasteiger partial charge in [0.05, 0.1) is 6.54 Å². The van der Waals surface area contributed by atoms with Crippen molar-refractivity contribution in [3.8, 4) is 0 Å². The largest absolute Gasteiger partial charge is 0.348 e. The van der Waals surface area contributed by atoms with Crippen LogP contribution in [0.5, 0.6) is 0 Å². The molecule has 3 amide bonds. The second-order valence-electron chi connectivity index (χ2n) is 8.38.